The zero-order valence-electron chi connectivity index (χ0n) is 15.0. The van der Waals surface area contributed by atoms with E-state index < -0.39 is 0 Å². The van der Waals surface area contributed by atoms with Crippen LogP contribution in [0.3, 0.4) is 0 Å². The SMILES string of the molecule is CCOc1cc(C=c2sc3nc4c(C)cc(C)cc4n3c2=O)cc(Cl)c1O. The maximum atomic E-state index is 13.0. The highest BCUT2D eigenvalue weighted by Crippen LogP contribution is 2.35. The molecule has 0 radical (unpaired) electrons. The normalized spacial score (nSPS) is 12.4. The van der Waals surface area contributed by atoms with E-state index in [4.69, 9.17) is 16.3 Å². The number of hydrogen-bond donors (Lipinski definition) is 1. The summed E-state index contributed by atoms with van der Waals surface area (Å²) >= 11 is 7.41. The molecule has 0 amide bonds. The number of aromatic nitrogens is 2. The van der Waals surface area contributed by atoms with Gasteiger partial charge in [-0.3, -0.25) is 4.79 Å². The molecule has 0 unspecified atom stereocenters. The van der Waals surface area contributed by atoms with Gasteiger partial charge in [0.25, 0.3) is 5.56 Å². The summed E-state index contributed by atoms with van der Waals surface area (Å²) in [5.74, 6) is 0.192. The molecule has 138 valence electrons. The Balaban J connectivity index is 1.95. The van der Waals surface area contributed by atoms with Crippen molar-refractivity contribution in [1.29, 1.82) is 0 Å². The van der Waals surface area contributed by atoms with Crippen LogP contribution in [-0.4, -0.2) is 21.1 Å². The van der Waals surface area contributed by atoms with E-state index in [1.165, 1.54) is 11.3 Å². The summed E-state index contributed by atoms with van der Waals surface area (Å²) in [7, 11) is 0. The van der Waals surface area contributed by atoms with Gasteiger partial charge < -0.3 is 9.84 Å². The van der Waals surface area contributed by atoms with Crippen LogP contribution in [-0.2, 0) is 0 Å². The lowest BCUT2D eigenvalue weighted by molar-refractivity contribution is 0.318. The number of phenols is 1. The first-order chi connectivity index (χ1) is 12.9. The molecule has 4 aromatic rings. The van der Waals surface area contributed by atoms with Crippen molar-refractivity contribution in [3.8, 4) is 11.5 Å². The minimum absolute atomic E-state index is 0.101. The predicted octanol–water partition coefficient (Wildman–Crippen LogP) is 3.83. The summed E-state index contributed by atoms with van der Waals surface area (Å²) in [6, 6.07) is 7.31. The molecule has 5 nitrogen and oxygen atoms in total. The van der Waals surface area contributed by atoms with Crippen LogP contribution < -0.4 is 14.8 Å². The molecular formula is C20H17ClN2O3S. The van der Waals surface area contributed by atoms with Gasteiger partial charge in [0.2, 0.25) is 0 Å². The lowest BCUT2D eigenvalue weighted by Crippen LogP contribution is -2.22. The molecule has 1 N–H and O–H groups in total. The number of fused-ring (bicyclic) bond motifs is 3. The lowest BCUT2D eigenvalue weighted by atomic mass is 10.1. The van der Waals surface area contributed by atoms with Crippen molar-refractivity contribution in [2.45, 2.75) is 20.8 Å². The number of imidazole rings is 1. The summed E-state index contributed by atoms with van der Waals surface area (Å²) in [5.41, 5.74) is 4.37. The fraction of sp³-hybridized carbons (Fsp3) is 0.200. The number of halogens is 1. The first-order valence-electron chi connectivity index (χ1n) is 8.48. The van der Waals surface area contributed by atoms with E-state index in [1.807, 2.05) is 26.8 Å². The molecule has 0 atom stereocenters. The monoisotopic (exact) mass is 400 g/mol. The number of aromatic hydroxyl groups is 1. The Labute approximate surface area is 164 Å². The molecule has 7 heteroatoms. The molecule has 2 aromatic carbocycles. The fourth-order valence-electron chi connectivity index (χ4n) is 3.20. The maximum absolute atomic E-state index is 13.0. The maximum Gasteiger partial charge on any atom is 0.274 e. The van der Waals surface area contributed by atoms with Crippen molar-refractivity contribution in [2.75, 3.05) is 6.61 Å². The van der Waals surface area contributed by atoms with Crippen molar-refractivity contribution in [2.24, 2.45) is 0 Å². The van der Waals surface area contributed by atoms with Gasteiger partial charge in [0.05, 0.1) is 27.2 Å². The van der Waals surface area contributed by atoms with E-state index in [9.17, 15) is 9.90 Å². The molecule has 0 fully saturated rings. The van der Waals surface area contributed by atoms with Gasteiger partial charge in [-0.15, -0.1) is 0 Å². The number of aryl methyl sites for hydroxylation is 2. The summed E-state index contributed by atoms with van der Waals surface area (Å²) < 4.78 is 7.60. The summed E-state index contributed by atoms with van der Waals surface area (Å²) in [4.78, 5) is 18.3. The molecule has 0 spiro atoms. The number of ether oxygens (including phenoxy) is 1. The first-order valence-corrected chi connectivity index (χ1v) is 9.67. The average Bonchev–Trinajstić information content (AvgIpc) is 3.10. The first kappa shape index (κ1) is 17.8. The molecule has 0 saturated heterocycles. The average molecular weight is 401 g/mol. The van der Waals surface area contributed by atoms with Gasteiger partial charge >= 0.3 is 0 Å². The van der Waals surface area contributed by atoms with Crippen LogP contribution in [0, 0.1) is 13.8 Å². The molecule has 2 heterocycles. The third-order valence-electron chi connectivity index (χ3n) is 4.33. The second-order valence-corrected chi connectivity index (χ2v) is 7.79. The Morgan fingerprint density at radius 1 is 1.30 bits per heavy atom. The summed E-state index contributed by atoms with van der Waals surface area (Å²) in [5, 5.41) is 10.2. The quantitative estimate of drug-likeness (QED) is 0.567. The van der Waals surface area contributed by atoms with Crippen LogP contribution in [0.5, 0.6) is 11.5 Å². The largest absolute Gasteiger partial charge is 0.503 e. The molecule has 0 saturated carbocycles. The van der Waals surface area contributed by atoms with Gasteiger partial charge in [-0.1, -0.05) is 29.0 Å². The van der Waals surface area contributed by atoms with E-state index >= 15 is 0 Å². The van der Waals surface area contributed by atoms with E-state index in [2.05, 4.69) is 11.1 Å². The van der Waals surface area contributed by atoms with Crippen LogP contribution in [0.25, 0.3) is 22.1 Å². The van der Waals surface area contributed by atoms with E-state index in [1.54, 1.807) is 22.6 Å². The number of hydrogen-bond acceptors (Lipinski definition) is 5. The van der Waals surface area contributed by atoms with Crippen LogP contribution >= 0.6 is 22.9 Å². The van der Waals surface area contributed by atoms with E-state index in [0.29, 0.717) is 27.4 Å². The van der Waals surface area contributed by atoms with E-state index in [-0.39, 0.29) is 16.3 Å². The zero-order valence-corrected chi connectivity index (χ0v) is 16.6. The molecule has 0 aliphatic heterocycles. The Bertz CT molecular complexity index is 1310. The second kappa shape index (κ2) is 6.55. The van der Waals surface area contributed by atoms with Gasteiger partial charge in [-0.25, -0.2) is 9.38 Å². The van der Waals surface area contributed by atoms with Crippen LogP contribution in [0.1, 0.15) is 23.6 Å². The van der Waals surface area contributed by atoms with Gasteiger partial charge in [0.1, 0.15) is 0 Å². The van der Waals surface area contributed by atoms with Gasteiger partial charge in [-0.05, 0) is 61.7 Å². The molecule has 27 heavy (non-hydrogen) atoms. The third-order valence-corrected chi connectivity index (χ3v) is 5.58. The molecule has 4 rings (SSSR count). The minimum atomic E-state index is -0.121. The summed E-state index contributed by atoms with van der Waals surface area (Å²) in [6.07, 6.45) is 1.74. The van der Waals surface area contributed by atoms with Crippen molar-refractivity contribution < 1.29 is 9.84 Å². The number of phenolic OH excluding ortho intramolecular Hbond substituents is 1. The molecular weight excluding hydrogens is 384 g/mol. The molecule has 0 aliphatic rings. The molecule has 2 aromatic heterocycles. The Hall–Kier alpha value is -2.57. The van der Waals surface area contributed by atoms with Crippen molar-refractivity contribution in [1.82, 2.24) is 9.38 Å². The fourth-order valence-corrected chi connectivity index (χ4v) is 4.40. The molecule has 0 bridgehead atoms. The smallest absolute Gasteiger partial charge is 0.274 e. The van der Waals surface area contributed by atoms with Crippen LogP contribution in [0.2, 0.25) is 5.02 Å². The highest BCUT2D eigenvalue weighted by atomic mass is 35.5. The zero-order chi connectivity index (χ0) is 19.3. The summed E-state index contributed by atoms with van der Waals surface area (Å²) in [6.45, 7) is 6.22. The number of rotatable bonds is 3. The van der Waals surface area contributed by atoms with Crippen LogP contribution in [0.15, 0.2) is 29.1 Å². The molecule has 0 aliphatic carbocycles. The highest BCUT2D eigenvalue weighted by Gasteiger charge is 2.14. The van der Waals surface area contributed by atoms with Gasteiger partial charge in [0, 0.05) is 0 Å². The standard InChI is InChI=1S/C20H17ClN2O3S/c1-4-26-15-8-12(7-13(21)18(15)24)9-16-19(25)23-14-6-10(2)5-11(3)17(14)22-20(23)27-16/h5-9,24H,4H2,1-3H3. The number of nitrogens with zero attached hydrogens (tertiary/aromatic N) is 2. The van der Waals surface area contributed by atoms with E-state index in [0.717, 1.165) is 22.2 Å². The lowest BCUT2D eigenvalue weighted by Gasteiger charge is -2.08. The highest BCUT2D eigenvalue weighted by molar-refractivity contribution is 7.15. The Kier molecular flexibility index (Phi) is 4.32. The Morgan fingerprint density at radius 3 is 2.81 bits per heavy atom. The van der Waals surface area contributed by atoms with Crippen LogP contribution in [0.4, 0.5) is 0 Å². The second-order valence-electron chi connectivity index (χ2n) is 6.38. The van der Waals surface area contributed by atoms with Crippen molar-refractivity contribution in [3.05, 3.63) is 60.9 Å². The topological polar surface area (TPSA) is 63.8 Å². The number of benzene rings is 2. The van der Waals surface area contributed by atoms with Gasteiger partial charge in [-0.2, -0.15) is 0 Å². The third kappa shape index (κ3) is 2.95. The number of thiazole rings is 1. The minimum Gasteiger partial charge on any atom is -0.503 e. The predicted molar refractivity (Wildman–Crippen MR) is 109 cm³/mol. The van der Waals surface area contributed by atoms with Gasteiger partial charge in [0.15, 0.2) is 16.5 Å². The van der Waals surface area contributed by atoms with Crippen molar-refractivity contribution >= 4 is 45.0 Å². The van der Waals surface area contributed by atoms with Crippen molar-refractivity contribution in [3.63, 3.8) is 0 Å². The Morgan fingerprint density at radius 2 is 2.07 bits per heavy atom.